The van der Waals surface area contributed by atoms with E-state index in [-0.39, 0.29) is 5.50 Å². The highest BCUT2D eigenvalue weighted by molar-refractivity contribution is 8.00. The predicted molar refractivity (Wildman–Crippen MR) is 83.7 cm³/mol. The van der Waals surface area contributed by atoms with Crippen molar-refractivity contribution in [1.29, 1.82) is 0 Å². The zero-order valence-electron chi connectivity index (χ0n) is 11.2. The van der Waals surface area contributed by atoms with Crippen molar-refractivity contribution < 1.29 is 0 Å². The third-order valence-electron chi connectivity index (χ3n) is 3.01. The van der Waals surface area contributed by atoms with Crippen LogP contribution in [0, 0.1) is 6.92 Å². The van der Waals surface area contributed by atoms with Gasteiger partial charge in [-0.05, 0) is 31.2 Å². The van der Waals surface area contributed by atoms with Crippen LogP contribution in [0.2, 0.25) is 0 Å². The van der Waals surface area contributed by atoms with E-state index in [1.807, 2.05) is 24.4 Å². The Morgan fingerprint density at radius 1 is 1.00 bits per heavy atom. The van der Waals surface area contributed by atoms with E-state index < -0.39 is 0 Å². The molecule has 0 aromatic heterocycles. The number of benzene rings is 2. The summed E-state index contributed by atoms with van der Waals surface area (Å²) in [6, 6.07) is 18.7. The van der Waals surface area contributed by atoms with Gasteiger partial charge >= 0.3 is 0 Å². The van der Waals surface area contributed by atoms with E-state index in [0.717, 1.165) is 5.69 Å². The second-order valence-corrected chi connectivity index (χ2v) is 5.66. The van der Waals surface area contributed by atoms with Crippen LogP contribution in [0.4, 0.5) is 5.69 Å². The summed E-state index contributed by atoms with van der Waals surface area (Å²) in [4.78, 5) is 3.31. The lowest BCUT2D eigenvalue weighted by molar-refractivity contribution is 0.819. The number of para-hydroxylation sites is 1. The van der Waals surface area contributed by atoms with Gasteiger partial charge in [-0.2, -0.15) is 10.2 Å². The van der Waals surface area contributed by atoms with Crippen LogP contribution >= 0.6 is 11.8 Å². The molecule has 0 spiro atoms. The van der Waals surface area contributed by atoms with Crippen molar-refractivity contribution in [2.75, 3.05) is 4.90 Å². The van der Waals surface area contributed by atoms with Crippen molar-refractivity contribution in [3.8, 4) is 0 Å². The average molecular weight is 281 g/mol. The number of hydrogen-bond donors (Lipinski definition) is 0. The Morgan fingerprint density at radius 3 is 2.50 bits per heavy atom. The Kier molecular flexibility index (Phi) is 3.83. The Hall–Kier alpha value is -2.07. The van der Waals surface area contributed by atoms with Crippen LogP contribution in [-0.4, -0.2) is 5.50 Å². The molecule has 1 atom stereocenters. The molecule has 3 nitrogen and oxygen atoms in total. The fourth-order valence-corrected chi connectivity index (χ4v) is 2.90. The number of thioether (sulfide) groups is 1. The normalized spacial score (nSPS) is 17.4. The highest BCUT2D eigenvalue weighted by Crippen LogP contribution is 2.32. The third kappa shape index (κ3) is 2.91. The molecule has 1 unspecified atom stereocenters. The molecule has 20 heavy (non-hydrogen) atoms. The van der Waals surface area contributed by atoms with Crippen LogP contribution in [0.15, 0.2) is 82.1 Å². The second kappa shape index (κ2) is 5.92. The molecule has 1 heterocycles. The molecule has 0 amide bonds. The van der Waals surface area contributed by atoms with E-state index in [1.54, 1.807) is 18.0 Å². The maximum Gasteiger partial charge on any atom is 0.197 e. The molecule has 1 aliphatic heterocycles. The summed E-state index contributed by atoms with van der Waals surface area (Å²) in [6.45, 7) is 2.09. The first-order valence-electron chi connectivity index (χ1n) is 6.46. The van der Waals surface area contributed by atoms with E-state index in [2.05, 4.69) is 58.5 Å². The summed E-state index contributed by atoms with van der Waals surface area (Å²) in [6.07, 6.45) is 3.69. The lowest BCUT2D eigenvalue weighted by Crippen LogP contribution is -2.27. The number of nitrogens with zero attached hydrogens (tertiary/aromatic N) is 3. The van der Waals surface area contributed by atoms with E-state index in [9.17, 15) is 0 Å². The molecular weight excluding hydrogens is 266 g/mol. The Bertz CT molecular complexity index is 620. The van der Waals surface area contributed by atoms with E-state index in [0.29, 0.717) is 0 Å². The smallest absolute Gasteiger partial charge is 0.197 e. The maximum atomic E-state index is 4.33. The second-order valence-electron chi connectivity index (χ2n) is 4.53. The summed E-state index contributed by atoms with van der Waals surface area (Å²) in [5, 5.41) is 8.36. The van der Waals surface area contributed by atoms with E-state index in [1.165, 1.54) is 10.5 Å². The van der Waals surface area contributed by atoms with Crippen LogP contribution in [0.1, 0.15) is 5.56 Å². The first-order chi connectivity index (χ1) is 9.83. The summed E-state index contributed by atoms with van der Waals surface area (Å²) >= 11 is 1.69. The van der Waals surface area contributed by atoms with Gasteiger partial charge in [0.25, 0.3) is 0 Å². The molecule has 0 bridgehead atoms. The van der Waals surface area contributed by atoms with Crippen molar-refractivity contribution in [3.63, 3.8) is 0 Å². The molecule has 2 aromatic carbocycles. The molecule has 1 aliphatic rings. The summed E-state index contributed by atoms with van der Waals surface area (Å²) in [5.74, 6) is 0. The molecule has 0 fully saturated rings. The van der Waals surface area contributed by atoms with Crippen molar-refractivity contribution in [2.24, 2.45) is 10.2 Å². The van der Waals surface area contributed by atoms with Crippen LogP contribution in [0.5, 0.6) is 0 Å². The Morgan fingerprint density at radius 2 is 1.75 bits per heavy atom. The van der Waals surface area contributed by atoms with Gasteiger partial charge in [0.1, 0.15) is 0 Å². The quantitative estimate of drug-likeness (QED) is 0.807. The number of azo groups is 1. The van der Waals surface area contributed by atoms with Crippen LogP contribution in [0.3, 0.4) is 0 Å². The molecule has 0 radical (unpaired) electrons. The van der Waals surface area contributed by atoms with Gasteiger partial charge in [0.15, 0.2) is 5.50 Å². The number of anilines is 1. The minimum absolute atomic E-state index is 0.0647. The van der Waals surface area contributed by atoms with Gasteiger partial charge in [0.2, 0.25) is 0 Å². The van der Waals surface area contributed by atoms with E-state index >= 15 is 0 Å². The molecule has 0 saturated heterocycles. The summed E-state index contributed by atoms with van der Waals surface area (Å²) in [5.41, 5.74) is 2.32. The van der Waals surface area contributed by atoms with Gasteiger partial charge in [0, 0.05) is 16.8 Å². The van der Waals surface area contributed by atoms with Crippen molar-refractivity contribution >= 4 is 17.4 Å². The fourth-order valence-electron chi connectivity index (χ4n) is 1.96. The zero-order valence-corrected chi connectivity index (χ0v) is 12.0. The molecule has 100 valence electrons. The SMILES string of the molecule is Cc1ccc(SC2N=NC=CN2c2ccccc2)cc1. The molecule has 4 heteroatoms. The Labute approximate surface area is 123 Å². The molecule has 0 saturated carbocycles. The van der Waals surface area contributed by atoms with Crippen molar-refractivity contribution in [1.82, 2.24) is 0 Å². The first-order valence-corrected chi connectivity index (χ1v) is 7.34. The lowest BCUT2D eigenvalue weighted by atomic mass is 10.2. The minimum atomic E-state index is -0.0647. The van der Waals surface area contributed by atoms with Gasteiger partial charge in [-0.15, -0.1) is 0 Å². The minimum Gasteiger partial charge on any atom is -0.314 e. The van der Waals surface area contributed by atoms with E-state index in [4.69, 9.17) is 0 Å². The van der Waals surface area contributed by atoms with Crippen molar-refractivity contribution in [3.05, 3.63) is 72.6 Å². The van der Waals surface area contributed by atoms with Gasteiger partial charge in [0.05, 0.1) is 6.20 Å². The first kappa shape index (κ1) is 12.9. The number of aryl methyl sites for hydroxylation is 1. The highest BCUT2D eigenvalue weighted by Gasteiger charge is 2.19. The number of hydrogen-bond acceptors (Lipinski definition) is 4. The monoisotopic (exact) mass is 281 g/mol. The molecule has 2 aromatic rings. The molecular formula is C16H15N3S. The van der Waals surface area contributed by atoms with Gasteiger partial charge in [-0.1, -0.05) is 47.7 Å². The maximum absolute atomic E-state index is 4.33. The lowest BCUT2D eigenvalue weighted by Gasteiger charge is -2.27. The van der Waals surface area contributed by atoms with Gasteiger partial charge in [-0.3, -0.25) is 0 Å². The van der Waals surface area contributed by atoms with Gasteiger partial charge < -0.3 is 4.90 Å². The predicted octanol–water partition coefficient (Wildman–Crippen LogP) is 4.81. The van der Waals surface area contributed by atoms with Crippen LogP contribution in [0.25, 0.3) is 0 Å². The molecule has 0 N–H and O–H groups in total. The van der Waals surface area contributed by atoms with Gasteiger partial charge in [-0.25, -0.2) is 0 Å². The fraction of sp³-hybridized carbons (Fsp3) is 0.125. The van der Waals surface area contributed by atoms with Crippen LogP contribution < -0.4 is 4.90 Å². The Balaban J connectivity index is 1.82. The highest BCUT2D eigenvalue weighted by atomic mass is 32.2. The third-order valence-corrected chi connectivity index (χ3v) is 4.09. The topological polar surface area (TPSA) is 28.0 Å². The summed E-state index contributed by atoms with van der Waals surface area (Å²) in [7, 11) is 0. The molecule has 3 rings (SSSR count). The standard InChI is InChI=1S/C16H15N3S/c1-13-7-9-15(10-8-13)20-16-18-17-11-12-19(16)14-5-3-2-4-6-14/h2-12,16H,1H3. The van der Waals surface area contributed by atoms with Crippen LogP contribution in [-0.2, 0) is 0 Å². The summed E-state index contributed by atoms with van der Waals surface area (Å²) < 4.78 is 0. The number of rotatable bonds is 3. The average Bonchev–Trinajstić information content (AvgIpc) is 2.51. The zero-order chi connectivity index (χ0) is 13.8. The largest absolute Gasteiger partial charge is 0.314 e. The van der Waals surface area contributed by atoms with Crippen molar-refractivity contribution in [2.45, 2.75) is 17.3 Å². The molecule has 0 aliphatic carbocycles.